The molecule has 2 aromatic heterocycles. The molecule has 33 heavy (non-hydrogen) atoms. The van der Waals surface area contributed by atoms with Gasteiger partial charge >= 0.3 is 11.5 Å². The monoisotopic (exact) mass is 476 g/mol. The van der Waals surface area contributed by atoms with Crippen LogP contribution in [0.1, 0.15) is 28.0 Å². The minimum Gasteiger partial charge on any atom is -0.461 e. The number of nitrogens with two attached hydrogens (primary N) is 1. The molecule has 170 valence electrons. The van der Waals surface area contributed by atoms with Gasteiger partial charge in [-0.1, -0.05) is 0 Å². The van der Waals surface area contributed by atoms with Crippen LogP contribution in [0.2, 0.25) is 0 Å². The predicted molar refractivity (Wildman–Crippen MR) is 111 cm³/mol. The first kappa shape index (κ1) is 22.6. The first-order chi connectivity index (χ1) is 15.6. The third-order valence-corrected chi connectivity index (χ3v) is 5.50. The van der Waals surface area contributed by atoms with Crippen LogP contribution in [-0.2, 0) is 4.79 Å². The summed E-state index contributed by atoms with van der Waals surface area (Å²) in [5, 5.41) is 0. The number of alkyl halides is 3. The number of imide groups is 1. The summed E-state index contributed by atoms with van der Waals surface area (Å²) >= 11 is -0.300. The number of halogens is 3. The minimum atomic E-state index is -4.45. The SMILES string of the molecule is NC(c1ccnc(C(=O)c2ccco2)c1)N1CC(=O)N(c2ccc(SC(F)(F)F)cc2)C1=O. The summed E-state index contributed by atoms with van der Waals surface area (Å²) in [5.74, 6) is -0.983. The summed E-state index contributed by atoms with van der Waals surface area (Å²) in [4.78, 5) is 43.8. The summed E-state index contributed by atoms with van der Waals surface area (Å²) < 4.78 is 42.6. The third-order valence-electron chi connectivity index (χ3n) is 4.76. The van der Waals surface area contributed by atoms with Crippen molar-refractivity contribution in [3.63, 3.8) is 0 Å². The second-order valence-electron chi connectivity index (χ2n) is 6.91. The Hall–Kier alpha value is -3.64. The van der Waals surface area contributed by atoms with E-state index in [2.05, 4.69) is 4.98 Å². The summed E-state index contributed by atoms with van der Waals surface area (Å²) in [6.45, 7) is -0.344. The van der Waals surface area contributed by atoms with Crippen LogP contribution < -0.4 is 10.6 Å². The highest BCUT2D eigenvalue weighted by molar-refractivity contribution is 8.00. The number of amides is 3. The fraction of sp³-hybridized carbons (Fsp3) is 0.143. The molecule has 1 fully saturated rings. The Balaban J connectivity index is 1.53. The van der Waals surface area contributed by atoms with Crippen LogP contribution >= 0.6 is 11.8 Å². The number of ketones is 1. The lowest BCUT2D eigenvalue weighted by molar-refractivity contribution is -0.116. The number of thioether (sulfide) groups is 1. The van der Waals surface area contributed by atoms with Crippen molar-refractivity contribution in [2.24, 2.45) is 5.73 Å². The zero-order valence-electron chi connectivity index (χ0n) is 16.7. The van der Waals surface area contributed by atoms with Crippen molar-refractivity contribution in [1.82, 2.24) is 9.88 Å². The molecule has 1 saturated heterocycles. The van der Waals surface area contributed by atoms with E-state index in [-0.39, 0.29) is 40.3 Å². The molecule has 3 amide bonds. The van der Waals surface area contributed by atoms with Gasteiger partial charge in [-0.2, -0.15) is 13.2 Å². The number of anilines is 1. The molecule has 0 spiro atoms. The average molecular weight is 476 g/mol. The zero-order chi connectivity index (χ0) is 23.8. The number of pyridine rings is 1. The molecule has 1 aliphatic rings. The molecule has 0 saturated carbocycles. The van der Waals surface area contributed by atoms with Crippen molar-refractivity contribution in [3.8, 4) is 0 Å². The number of aromatic nitrogens is 1. The van der Waals surface area contributed by atoms with E-state index in [0.29, 0.717) is 5.56 Å². The van der Waals surface area contributed by atoms with Crippen LogP contribution in [0, 0.1) is 0 Å². The normalized spacial score (nSPS) is 15.3. The number of carbonyl (C=O) groups is 3. The van der Waals surface area contributed by atoms with E-state index in [0.717, 1.165) is 9.80 Å². The van der Waals surface area contributed by atoms with E-state index in [1.165, 1.54) is 54.9 Å². The van der Waals surface area contributed by atoms with E-state index in [1.54, 1.807) is 6.07 Å². The van der Waals surface area contributed by atoms with Crippen molar-refractivity contribution in [1.29, 1.82) is 0 Å². The Bertz CT molecular complexity index is 1200. The van der Waals surface area contributed by atoms with Gasteiger partial charge in [-0.3, -0.25) is 19.5 Å². The number of nitrogens with zero attached hydrogens (tertiary/aromatic N) is 3. The fourth-order valence-electron chi connectivity index (χ4n) is 3.26. The lowest BCUT2D eigenvalue weighted by atomic mass is 10.1. The summed E-state index contributed by atoms with van der Waals surface area (Å²) in [6, 6.07) is 10.1. The molecule has 1 unspecified atom stereocenters. The average Bonchev–Trinajstić information content (AvgIpc) is 3.41. The highest BCUT2D eigenvalue weighted by Gasteiger charge is 2.40. The Kier molecular flexibility index (Phi) is 5.95. The molecule has 0 bridgehead atoms. The second kappa shape index (κ2) is 8.71. The van der Waals surface area contributed by atoms with Gasteiger partial charge in [0, 0.05) is 11.1 Å². The molecule has 0 radical (unpaired) electrons. The smallest absolute Gasteiger partial charge is 0.446 e. The largest absolute Gasteiger partial charge is 0.461 e. The lowest BCUT2D eigenvalue weighted by Crippen LogP contribution is -2.38. The molecule has 3 heterocycles. The molecular weight excluding hydrogens is 461 g/mol. The van der Waals surface area contributed by atoms with Crippen molar-refractivity contribution in [2.45, 2.75) is 16.6 Å². The van der Waals surface area contributed by atoms with Gasteiger partial charge in [-0.25, -0.2) is 9.69 Å². The fourth-order valence-corrected chi connectivity index (χ4v) is 3.80. The molecule has 1 aromatic carbocycles. The number of carbonyl (C=O) groups excluding carboxylic acids is 3. The van der Waals surface area contributed by atoms with Gasteiger partial charge in [0.1, 0.15) is 18.4 Å². The number of benzene rings is 1. The Labute approximate surface area is 189 Å². The van der Waals surface area contributed by atoms with Gasteiger partial charge in [0.2, 0.25) is 5.78 Å². The second-order valence-corrected chi connectivity index (χ2v) is 8.05. The summed E-state index contributed by atoms with van der Waals surface area (Å²) in [7, 11) is 0. The van der Waals surface area contributed by atoms with E-state index >= 15 is 0 Å². The molecule has 4 rings (SSSR count). The first-order valence-electron chi connectivity index (χ1n) is 9.43. The van der Waals surface area contributed by atoms with E-state index < -0.39 is 29.4 Å². The Morgan fingerprint density at radius 2 is 1.88 bits per heavy atom. The Morgan fingerprint density at radius 1 is 1.15 bits per heavy atom. The van der Waals surface area contributed by atoms with Gasteiger partial charge in [0.15, 0.2) is 5.76 Å². The maximum atomic E-state index is 12.9. The van der Waals surface area contributed by atoms with Crippen LogP contribution in [0.4, 0.5) is 23.7 Å². The highest BCUT2D eigenvalue weighted by atomic mass is 32.2. The Morgan fingerprint density at radius 3 is 2.52 bits per heavy atom. The maximum absolute atomic E-state index is 12.9. The van der Waals surface area contributed by atoms with Gasteiger partial charge in [-0.15, -0.1) is 0 Å². The van der Waals surface area contributed by atoms with Crippen LogP contribution in [-0.4, -0.2) is 39.7 Å². The molecule has 1 atom stereocenters. The zero-order valence-corrected chi connectivity index (χ0v) is 17.5. The molecule has 3 aromatic rings. The molecule has 0 aliphatic carbocycles. The quantitative estimate of drug-likeness (QED) is 0.326. The van der Waals surface area contributed by atoms with Gasteiger partial charge in [0.25, 0.3) is 5.91 Å². The van der Waals surface area contributed by atoms with Crippen molar-refractivity contribution >= 4 is 35.2 Å². The van der Waals surface area contributed by atoms with Gasteiger partial charge in [-0.05, 0) is 65.9 Å². The van der Waals surface area contributed by atoms with E-state index in [1.807, 2.05) is 0 Å². The molecule has 1 aliphatic heterocycles. The number of furan rings is 1. The molecule has 2 N–H and O–H groups in total. The van der Waals surface area contributed by atoms with Gasteiger partial charge in [0.05, 0.1) is 12.0 Å². The van der Waals surface area contributed by atoms with Crippen LogP contribution in [0.25, 0.3) is 0 Å². The van der Waals surface area contributed by atoms with E-state index in [4.69, 9.17) is 10.2 Å². The number of hydrogen-bond acceptors (Lipinski definition) is 7. The topological polar surface area (TPSA) is 110 Å². The molecular formula is C21H15F3N4O4S. The molecule has 12 heteroatoms. The minimum absolute atomic E-state index is 0.0467. The lowest BCUT2D eigenvalue weighted by Gasteiger charge is -2.24. The number of hydrogen-bond donors (Lipinski definition) is 1. The predicted octanol–water partition coefficient (Wildman–Crippen LogP) is 3.94. The van der Waals surface area contributed by atoms with E-state index in [9.17, 15) is 27.6 Å². The molecule has 8 nitrogen and oxygen atoms in total. The number of urea groups is 1. The van der Waals surface area contributed by atoms with Crippen LogP contribution in [0.5, 0.6) is 0 Å². The number of rotatable bonds is 6. The van der Waals surface area contributed by atoms with Crippen LogP contribution in [0.3, 0.4) is 0 Å². The van der Waals surface area contributed by atoms with Crippen molar-refractivity contribution in [2.75, 3.05) is 11.4 Å². The summed E-state index contributed by atoms with van der Waals surface area (Å²) in [5.41, 5.74) is 2.29. The maximum Gasteiger partial charge on any atom is 0.446 e. The highest BCUT2D eigenvalue weighted by Crippen LogP contribution is 2.37. The first-order valence-corrected chi connectivity index (χ1v) is 10.2. The third kappa shape index (κ3) is 4.76. The summed E-state index contributed by atoms with van der Waals surface area (Å²) in [6.07, 6.45) is 1.63. The van der Waals surface area contributed by atoms with Crippen molar-refractivity contribution < 1.29 is 32.0 Å². The van der Waals surface area contributed by atoms with Gasteiger partial charge < -0.3 is 10.2 Å². The van der Waals surface area contributed by atoms with Crippen molar-refractivity contribution in [3.05, 3.63) is 78.0 Å². The standard InChI is InChI=1S/C21H15F3N4O4S/c22-21(23,24)33-14-5-3-13(4-6-14)28-17(29)11-27(20(28)31)19(25)12-7-8-26-15(10-12)18(30)16-2-1-9-32-16/h1-10,19H,11,25H2. The van der Waals surface area contributed by atoms with Crippen LogP contribution in [0.15, 0.2) is 70.3 Å².